The van der Waals surface area contributed by atoms with Crippen LogP contribution in [0.1, 0.15) is 56.6 Å². The predicted octanol–water partition coefficient (Wildman–Crippen LogP) is 4.67. The summed E-state index contributed by atoms with van der Waals surface area (Å²) in [7, 11) is -3.77. The molecule has 0 aromatic heterocycles. The van der Waals surface area contributed by atoms with E-state index >= 15 is 0 Å². The molecule has 7 nitrogen and oxygen atoms in total. The number of nitrogens with one attached hydrogen (secondary N) is 1. The number of rotatable bonds is 10. The number of amides is 2. The highest BCUT2D eigenvalue weighted by Crippen LogP contribution is 2.25. The zero-order valence-electron chi connectivity index (χ0n) is 21.2. The fourth-order valence-corrected chi connectivity index (χ4v) is 5.81. The number of nitrogens with zero attached hydrogens (tertiary/aromatic N) is 2. The highest BCUT2D eigenvalue weighted by Gasteiger charge is 2.33. The molecule has 196 valence electrons. The summed E-state index contributed by atoms with van der Waals surface area (Å²) < 4.78 is 26.6. The fourth-order valence-electron chi connectivity index (χ4n) is 4.71. The maximum Gasteiger partial charge on any atom is 0.244 e. The van der Waals surface area contributed by atoms with Crippen LogP contribution in [-0.4, -0.2) is 50.0 Å². The van der Waals surface area contributed by atoms with Gasteiger partial charge in [0.05, 0.1) is 11.9 Å². The molecule has 0 heterocycles. The van der Waals surface area contributed by atoms with E-state index in [1.807, 2.05) is 25.1 Å². The van der Waals surface area contributed by atoms with Crippen LogP contribution in [0.15, 0.2) is 48.5 Å². The van der Waals surface area contributed by atoms with Gasteiger partial charge in [0.1, 0.15) is 12.6 Å². The molecule has 1 aliphatic rings. The first-order chi connectivity index (χ1) is 17.1. The normalized spacial score (nSPS) is 15.2. The molecule has 1 aliphatic carbocycles. The van der Waals surface area contributed by atoms with Crippen molar-refractivity contribution in [3.05, 3.63) is 64.7 Å². The third kappa shape index (κ3) is 7.23. The van der Waals surface area contributed by atoms with Crippen LogP contribution in [0.5, 0.6) is 0 Å². The van der Waals surface area contributed by atoms with Crippen molar-refractivity contribution in [2.24, 2.45) is 0 Å². The summed E-state index contributed by atoms with van der Waals surface area (Å²) in [4.78, 5) is 28.7. The molecule has 1 unspecified atom stereocenters. The summed E-state index contributed by atoms with van der Waals surface area (Å²) in [5, 5.41) is 3.62. The minimum absolute atomic E-state index is 0.0945. The smallest absolute Gasteiger partial charge is 0.244 e. The second-order valence-corrected chi connectivity index (χ2v) is 11.8. The topological polar surface area (TPSA) is 86.8 Å². The Balaban J connectivity index is 1.93. The highest BCUT2D eigenvalue weighted by atomic mass is 35.5. The van der Waals surface area contributed by atoms with Crippen molar-refractivity contribution >= 4 is 39.1 Å². The maximum atomic E-state index is 13.8. The number of para-hydroxylation sites is 1. The third-order valence-electron chi connectivity index (χ3n) is 6.70. The van der Waals surface area contributed by atoms with Gasteiger partial charge in [-0.3, -0.25) is 13.9 Å². The van der Waals surface area contributed by atoms with Crippen molar-refractivity contribution in [1.29, 1.82) is 0 Å². The molecule has 2 aromatic rings. The van der Waals surface area contributed by atoms with E-state index in [1.165, 1.54) is 11.3 Å². The Kier molecular flexibility index (Phi) is 9.79. The van der Waals surface area contributed by atoms with Crippen molar-refractivity contribution in [3.63, 3.8) is 0 Å². The number of benzene rings is 2. The van der Waals surface area contributed by atoms with Gasteiger partial charge in [-0.2, -0.15) is 0 Å². The van der Waals surface area contributed by atoms with Gasteiger partial charge in [-0.05, 0) is 49.4 Å². The second-order valence-electron chi connectivity index (χ2n) is 9.44. The van der Waals surface area contributed by atoms with Crippen molar-refractivity contribution < 1.29 is 18.0 Å². The van der Waals surface area contributed by atoms with E-state index in [0.29, 0.717) is 22.7 Å². The molecule has 1 saturated carbocycles. The number of hydrogen-bond acceptors (Lipinski definition) is 4. The summed E-state index contributed by atoms with van der Waals surface area (Å²) in [6.45, 7) is 3.33. The lowest BCUT2D eigenvalue weighted by atomic mass is 9.95. The van der Waals surface area contributed by atoms with Crippen LogP contribution in [0, 0.1) is 6.92 Å². The summed E-state index contributed by atoms with van der Waals surface area (Å²) in [5.41, 5.74) is 1.86. The highest BCUT2D eigenvalue weighted by molar-refractivity contribution is 7.92. The van der Waals surface area contributed by atoms with E-state index in [0.717, 1.165) is 41.8 Å². The van der Waals surface area contributed by atoms with Gasteiger partial charge < -0.3 is 10.2 Å². The van der Waals surface area contributed by atoms with Gasteiger partial charge in [0.2, 0.25) is 21.8 Å². The molecule has 0 saturated heterocycles. The van der Waals surface area contributed by atoms with Gasteiger partial charge in [-0.15, -0.1) is 0 Å². The first-order valence-electron chi connectivity index (χ1n) is 12.5. The van der Waals surface area contributed by atoms with Crippen molar-refractivity contribution in [2.45, 2.75) is 71.0 Å². The van der Waals surface area contributed by atoms with E-state index in [9.17, 15) is 18.0 Å². The standard InChI is InChI=1S/C27H36ClN3O4S/c1-4-24(27(33)29-22-14-6-5-7-15-22)30(18-21-13-9-10-16-23(21)28)26(32)19-31(36(3,34)35)25-17-11-8-12-20(25)2/h8-13,16-17,22,24H,4-7,14-15,18-19H2,1-3H3,(H,29,33). The number of sulfonamides is 1. The molecule has 1 N–H and O–H groups in total. The molecule has 1 fully saturated rings. The minimum atomic E-state index is -3.77. The average molecular weight is 534 g/mol. The number of halogens is 1. The molecule has 2 amide bonds. The summed E-state index contributed by atoms with van der Waals surface area (Å²) in [5.74, 6) is -0.680. The number of carbonyl (C=O) groups is 2. The Morgan fingerprint density at radius 2 is 1.69 bits per heavy atom. The Morgan fingerprint density at radius 3 is 2.31 bits per heavy atom. The number of anilines is 1. The van der Waals surface area contributed by atoms with Crippen LogP contribution in [0.2, 0.25) is 5.02 Å². The maximum absolute atomic E-state index is 13.8. The predicted molar refractivity (Wildman–Crippen MR) is 144 cm³/mol. The van der Waals surface area contributed by atoms with Gasteiger partial charge in [0.25, 0.3) is 0 Å². The van der Waals surface area contributed by atoms with Crippen molar-refractivity contribution in [1.82, 2.24) is 10.2 Å². The zero-order chi connectivity index (χ0) is 26.3. The van der Waals surface area contributed by atoms with Crippen LogP contribution >= 0.6 is 11.6 Å². The molecule has 2 aromatic carbocycles. The number of carbonyl (C=O) groups excluding carboxylic acids is 2. The van der Waals surface area contributed by atoms with Crippen LogP contribution in [0.25, 0.3) is 0 Å². The molecular formula is C27H36ClN3O4S. The second kappa shape index (κ2) is 12.6. The Hall–Kier alpha value is -2.58. The van der Waals surface area contributed by atoms with E-state index in [2.05, 4.69) is 5.32 Å². The molecule has 0 bridgehead atoms. The average Bonchev–Trinajstić information content (AvgIpc) is 2.84. The SMILES string of the molecule is CCC(C(=O)NC1CCCCC1)N(Cc1ccccc1Cl)C(=O)CN(c1ccccc1C)S(C)(=O)=O. The lowest BCUT2D eigenvalue weighted by Gasteiger charge is -2.34. The quantitative estimate of drug-likeness (QED) is 0.481. The van der Waals surface area contributed by atoms with Gasteiger partial charge >= 0.3 is 0 Å². The summed E-state index contributed by atoms with van der Waals surface area (Å²) in [6.07, 6.45) is 6.64. The summed E-state index contributed by atoms with van der Waals surface area (Å²) >= 11 is 6.41. The van der Waals surface area contributed by atoms with E-state index in [1.54, 1.807) is 37.3 Å². The van der Waals surface area contributed by atoms with E-state index < -0.39 is 28.5 Å². The van der Waals surface area contributed by atoms with Gasteiger partial charge in [0.15, 0.2) is 0 Å². The zero-order valence-corrected chi connectivity index (χ0v) is 22.8. The first-order valence-corrected chi connectivity index (χ1v) is 14.7. The minimum Gasteiger partial charge on any atom is -0.352 e. The van der Waals surface area contributed by atoms with Gasteiger partial charge in [-0.1, -0.05) is 74.2 Å². The van der Waals surface area contributed by atoms with Gasteiger partial charge in [0, 0.05) is 17.6 Å². The van der Waals surface area contributed by atoms with Crippen LogP contribution < -0.4 is 9.62 Å². The lowest BCUT2D eigenvalue weighted by molar-refractivity contribution is -0.140. The van der Waals surface area contributed by atoms with Crippen molar-refractivity contribution in [2.75, 3.05) is 17.1 Å². The van der Waals surface area contributed by atoms with E-state index in [-0.39, 0.29) is 18.5 Å². The fraction of sp³-hybridized carbons (Fsp3) is 0.481. The number of hydrogen-bond donors (Lipinski definition) is 1. The van der Waals surface area contributed by atoms with Crippen molar-refractivity contribution in [3.8, 4) is 0 Å². The largest absolute Gasteiger partial charge is 0.352 e. The molecule has 9 heteroatoms. The Bertz CT molecular complexity index is 1170. The van der Waals surface area contributed by atoms with E-state index in [4.69, 9.17) is 11.6 Å². The van der Waals surface area contributed by atoms with Gasteiger partial charge in [-0.25, -0.2) is 8.42 Å². The number of aryl methyl sites for hydroxylation is 1. The molecule has 1 atom stereocenters. The third-order valence-corrected chi connectivity index (χ3v) is 8.19. The first kappa shape index (κ1) is 28.0. The van der Waals surface area contributed by atoms with Crippen LogP contribution in [0.3, 0.4) is 0 Å². The summed E-state index contributed by atoms with van der Waals surface area (Å²) in [6, 6.07) is 13.5. The van der Waals surface area contributed by atoms with Crippen LogP contribution in [0.4, 0.5) is 5.69 Å². The van der Waals surface area contributed by atoms with Crippen LogP contribution in [-0.2, 0) is 26.2 Å². The molecule has 0 aliphatic heterocycles. The molecule has 0 spiro atoms. The monoisotopic (exact) mass is 533 g/mol. The lowest BCUT2D eigenvalue weighted by Crippen LogP contribution is -2.54. The molecule has 3 rings (SSSR count). The molecular weight excluding hydrogens is 498 g/mol. The Labute approximate surface area is 219 Å². The molecule has 0 radical (unpaired) electrons. The Morgan fingerprint density at radius 1 is 1.06 bits per heavy atom. The molecule has 36 heavy (non-hydrogen) atoms.